The molecule has 0 spiro atoms. The Morgan fingerprint density at radius 2 is 1.26 bits per heavy atom. The van der Waals surface area contributed by atoms with Crippen molar-refractivity contribution >= 4 is 24.0 Å². The molecule has 3 rings (SSSR count). The topological polar surface area (TPSA) is 12.9 Å². The molecule has 19 heavy (non-hydrogen) atoms. The van der Waals surface area contributed by atoms with Gasteiger partial charge >= 0.3 is 0 Å². The fourth-order valence-electron chi connectivity index (χ4n) is 2.01. The van der Waals surface area contributed by atoms with E-state index in [9.17, 15) is 0 Å². The van der Waals surface area contributed by atoms with E-state index in [0.29, 0.717) is 0 Å². The summed E-state index contributed by atoms with van der Waals surface area (Å²) in [5, 5.41) is 2.63. The molecular formula is C17H13NP. The van der Waals surface area contributed by atoms with Gasteiger partial charge in [-0.15, -0.1) is 0 Å². The van der Waals surface area contributed by atoms with Crippen LogP contribution in [-0.2, 0) is 0 Å². The minimum atomic E-state index is -0.588. The minimum absolute atomic E-state index is 0.588. The molecule has 0 saturated heterocycles. The monoisotopic (exact) mass is 262 g/mol. The van der Waals surface area contributed by atoms with E-state index in [1.54, 1.807) is 0 Å². The second kappa shape index (κ2) is 5.77. The molecule has 0 atom stereocenters. The summed E-state index contributed by atoms with van der Waals surface area (Å²) < 4.78 is 0. The first-order valence-electron chi connectivity index (χ1n) is 6.18. The van der Waals surface area contributed by atoms with Gasteiger partial charge in [-0.2, -0.15) is 0 Å². The van der Waals surface area contributed by atoms with E-state index in [1.807, 2.05) is 24.3 Å². The van der Waals surface area contributed by atoms with Gasteiger partial charge in [0.25, 0.3) is 0 Å². The number of hydrogen-bond donors (Lipinski definition) is 0. The molecule has 0 N–H and O–H groups in total. The summed E-state index contributed by atoms with van der Waals surface area (Å²) in [6, 6.07) is 27.1. The second-order valence-electron chi connectivity index (χ2n) is 4.13. The first-order chi connectivity index (χ1) is 9.45. The Bertz CT molecular complexity index is 529. The molecule has 2 aromatic carbocycles. The second-order valence-corrected chi connectivity index (χ2v) is 6.29. The van der Waals surface area contributed by atoms with Crippen LogP contribution < -0.4 is 16.0 Å². The smallest absolute Gasteiger partial charge is 0.0894 e. The van der Waals surface area contributed by atoms with Crippen LogP contribution in [0.5, 0.6) is 0 Å². The van der Waals surface area contributed by atoms with Crippen LogP contribution in [0.3, 0.4) is 0 Å². The lowest BCUT2D eigenvalue weighted by atomic mass is 10.4. The molecule has 1 radical (unpaired) electrons. The molecule has 91 valence electrons. The Morgan fingerprint density at radius 1 is 0.684 bits per heavy atom. The van der Waals surface area contributed by atoms with Gasteiger partial charge in [-0.25, -0.2) is 4.98 Å². The summed E-state index contributed by atoms with van der Waals surface area (Å²) >= 11 is 0. The predicted octanol–water partition coefficient (Wildman–Crippen LogP) is 2.64. The SMILES string of the molecule is [c]1cccc(P(c2ccccc2)c2ccccc2)n1. The van der Waals surface area contributed by atoms with E-state index in [-0.39, 0.29) is 0 Å². The van der Waals surface area contributed by atoms with E-state index < -0.39 is 7.92 Å². The fraction of sp³-hybridized carbons (Fsp3) is 0. The highest BCUT2D eigenvalue weighted by Gasteiger charge is 2.16. The normalized spacial score (nSPS) is 10.6. The maximum absolute atomic E-state index is 4.44. The molecule has 0 amide bonds. The van der Waals surface area contributed by atoms with Crippen molar-refractivity contribution in [1.29, 1.82) is 0 Å². The van der Waals surface area contributed by atoms with Crippen LogP contribution in [-0.4, -0.2) is 4.98 Å². The number of pyridine rings is 1. The number of nitrogens with zero attached hydrogens (tertiary/aromatic N) is 1. The van der Waals surface area contributed by atoms with Gasteiger partial charge in [0.15, 0.2) is 0 Å². The largest absolute Gasteiger partial charge is 0.246 e. The van der Waals surface area contributed by atoms with Crippen LogP contribution >= 0.6 is 7.92 Å². The molecule has 0 fully saturated rings. The van der Waals surface area contributed by atoms with Gasteiger partial charge in [-0.1, -0.05) is 66.7 Å². The zero-order valence-corrected chi connectivity index (χ0v) is 11.3. The van der Waals surface area contributed by atoms with Crippen LogP contribution in [0.2, 0.25) is 0 Å². The average Bonchev–Trinajstić information content (AvgIpc) is 2.51. The summed E-state index contributed by atoms with van der Waals surface area (Å²) in [6.45, 7) is 0. The Morgan fingerprint density at radius 3 is 1.74 bits per heavy atom. The average molecular weight is 262 g/mol. The lowest BCUT2D eigenvalue weighted by Gasteiger charge is -2.17. The first-order valence-corrected chi connectivity index (χ1v) is 7.53. The van der Waals surface area contributed by atoms with E-state index in [2.05, 4.69) is 65.8 Å². The Balaban J connectivity index is 2.12. The Kier molecular flexibility index (Phi) is 3.67. The van der Waals surface area contributed by atoms with E-state index >= 15 is 0 Å². The maximum Gasteiger partial charge on any atom is 0.0894 e. The zero-order chi connectivity index (χ0) is 12.9. The van der Waals surface area contributed by atoms with Gasteiger partial charge in [-0.3, -0.25) is 0 Å². The van der Waals surface area contributed by atoms with Crippen molar-refractivity contribution in [3.63, 3.8) is 0 Å². The molecule has 1 heterocycles. The highest BCUT2D eigenvalue weighted by atomic mass is 31.1. The molecule has 0 saturated carbocycles. The van der Waals surface area contributed by atoms with Crippen LogP contribution in [0.1, 0.15) is 0 Å². The number of aromatic nitrogens is 1. The van der Waals surface area contributed by atoms with Crippen molar-refractivity contribution in [3.8, 4) is 0 Å². The molecule has 0 aliphatic carbocycles. The van der Waals surface area contributed by atoms with Crippen molar-refractivity contribution in [2.45, 2.75) is 0 Å². The fourth-order valence-corrected chi connectivity index (χ4v) is 4.17. The molecule has 1 nitrogen and oxygen atoms in total. The standard InChI is InChI=1S/C17H13NP/c1-3-9-15(10-4-1)19(16-11-5-2-6-12-16)17-13-7-8-14-18-17/h1-13H. The highest BCUT2D eigenvalue weighted by Crippen LogP contribution is 2.31. The molecule has 0 aliphatic heterocycles. The van der Waals surface area contributed by atoms with Gasteiger partial charge < -0.3 is 0 Å². The third-order valence-electron chi connectivity index (χ3n) is 2.85. The Hall–Kier alpha value is -1.98. The van der Waals surface area contributed by atoms with Crippen LogP contribution in [0.4, 0.5) is 0 Å². The molecule has 0 aliphatic rings. The number of hydrogen-bond acceptors (Lipinski definition) is 1. The van der Waals surface area contributed by atoms with Crippen molar-refractivity contribution in [3.05, 3.63) is 85.1 Å². The molecule has 0 bridgehead atoms. The zero-order valence-electron chi connectivity index (χ0n) is 10.4. The van der Waals surface area contributed by atoms with E-state index in [1.165, 1.54) is 10.6 Å². The van der Waals surface area contributed by atoms with E-state index in [0.717, 1.165) is 5.44 Å². The van der Waals surface area contributed by atoms with Crippen LogP contribution in [0, 0.1) is 6.20 Å². The molecule has 2 heteroatoms. The quantitative estimate of drug-likeness (QED) is 0.661. The highest BCUT2D eigenvalue weighted by molar-refractivity contribution is 7.79. The van der Waals surface area contributed by atoms with Crippen molar-refractivity contribution in [2.24, 2.45) is 0 Å². The summed E-state index contributed by atoms with van der Waals surface area (Å²) in [6.07, 6.45) is 2.95. The maximum atomic E-state index is 4.44. The Labute approximate surface area is 114 Å². The lowest BCUT2D eigenvalue weighted by molar-refractivity contribution is 1.37. The van der Waals surface area contributed by atoms with Gasteiger partial charge in [-0.05, 0) is 22.7 Å². The molecule has 1 aromatic heterocycles. The first kappa shape index (κ1) is 12.1. The van der Waals surface area contributed by atoms with Gasteiger partial charge in [0.2, 0.25) is 0 Å². The summed E-state index contributed by atoms with van der Waals surface area (Å²) in [5.41, 5.74) is 1.09. The van der Waals surface area contributed by atoms with Crippen LogP contribution in [0.15, 0.2) is 78.9 Å². The van der Waals surface area contributed by atoms with Crippen molar-refractivity contribution in [2.75, 3.05) is 0 Å². The molecule has 3 aromatic rings. The predicted molar refractivity (Wildman–Crippen MR) is 81.8 cm³/mol. The molecular weight excluding hydrogens is 249 g/mol. The molecule has 0 unspecified atom stereocenters. The third kappa shape index (κ3) is 2.72. The van der Waals surface area contributed by atoms with Gasteiger partial charge in [0.1, 0.15) is 0 Å². The number of rotatable bonds is 3. The van der Waals surface area contributed by atoms with E-state index in [4.69, 9.17) is 0 Å². The van der Waals surface area contributed by atoms with Crippen molar-refractivity contribution < 1.29 is 0 Å². The third-order valence-corrected chi connectivity index (χ3v) is 5.19. The summed E-state index contributed by atoms with van der Waals surface area (Å²) in [4.78, 5) is 4.44. The minimum Gasteiger partial charge on any atom is -0.246 e. The number of benzene rings is 2. The lowest BCUT2D eigenvalue weighted by Crippen LogP contribution is -2.22. The summed E-state index contributed by atoms with van der Waals surface area (Å²) in [7, 11) is -0.588. The van der Waals surface area contributed by atoms with Crippen molar-refractivity contribution in [1.82, 2.24) is 4.98 Å². The van der Waals surface area contributed by atoms with Gasteiger partial charge in [0.05, 0.1) is 11.6 Å². The van der Waals surface area contributed by atoms with Gasteiger partial charge in [0, 0.05) is 7.92 Å². The summed E-state index contributed by atoms with van der Waals surface area (Å²) in [5.74, 6) is 0. The van der Waals surface area contributed by atoms with Crippen LogP contribution in [0.25, 0.3) is 0 Å².